The Morgan fingerprint density at radius 2 is 1.97 bits per heavy atom. The number of ether oxygens (including phenoxy) is 1. The molecular weight excluding hydrogens is 448 g/mol. The Labute approximate surface area is 200 Å². The Morgan fingerprint density at radius 3 is 2.62 bits per heavy atom. The summed E-state index contributed by atoms with van der Waals surface area (Å²) in [7, 11) is 0. The van der Waals surface area contributed by atoms with Crippen molar-refractivity contribution in [3.63, 3.8) is 0 Å². The van der Waals surface area contributed by atoms with Crippen LogP contribution in [-0.4, -0.2) is 33.1 Å². The van der Waals surface area contributed by atoms with E-state index in [2.05, 4.69) is 4.98 Å². The lowest BCUT2D eigenvalue weighted by molar-refractivity contribution is 0.0525. The fraction of sp³-hybridized carbons (Fsp3) is 0.154. The van der Waals surface area contributed by atoms with Crippen molar-refractivity contribution in [2.24, 2.45) is 0 Å². The van der Waals surface area contributed by atoms with Crippen molar-refractivity contribution >= 4 is 29.2 Å². The molecule has 0 unspecified atom stereocenters. The van der Waals surface area contributed by atoms with E-state index in [0.717, 1.165) is 10.6 Å². The molecule has 0 saturated heterocycles. The fourth-order valence-electron chi connectivity index (χ4n) is 3.74. The van der Waals surface area contributed by atoms with Crippen molar-refractivity contribution in [1.82, 2.24) is 14.8 Å². The van der Waals surface area contributed by atoms with E-state index in [1.165, 1.54) is 11.3 Å². The van der Waals surface area contributed by atoms with Crippen LogP contribution in [0.4, 0.5) is 0 Å². The molecule has 1 aromatic carbocycles. The Kier molecular flexibility index (Phi) is 6.57. The van der Waals surface area contributed by atoms with Crippen molar-refractivity contribution in [1.29, 1.82) is 5.26 Å². The predicted octanol–water partition coefficient (Wildman–Crippen LogP) is 5.51. The second kappa shape index (κ2) is 9.73. The van der Waals surface area contributed by atoms with Crippen molar-refractivity contribution in [3.8, 4) is 22.3 Å². The molecule has 1 N–H and O–H groups in total. The van der Waals surface area contributed by atoms with Crippen LogP contribution < -0.4 is 0 Å². The molecule has 0 aliphatic carbocycles. The SMILES string of the molecule is CCOC(=O)c1c(C)[nH]c(C(=O)C(C#N)=Cc2cn(-c3ccccc3)nc2-c2cccs2)c1C. The van der Waals surface area contributed by atoms with Crippen LogP contribution in [0.25, 0.3) is 22.3 Å². The number of hydrogen-bond donors (Lipinski definition) is 1. The van der Waals surface area contributed by atoms with Crippen LogP contribution in [0.1, 0.15) is 44.6 Å². The molecule has 3 heterocycles. The first kappa shape index (κ1) is 23.0. The number of aryl methyl sites for hydroxylation is 1. The Bertz CT molecular complexity index is 1420. The topological polar surface area (TPSA) is 101 Å². The number of hydrogen-bond acceptors (Lipinski definition) is 6. The third-order valence-electron chi connectivity index (χ3n) is 5.33. The largest absolute Gasteiger partial charge is 0.462 e. The second-order valence-corrected chi connectivity index (χ2v) is 8.48. The highest BCUT2D eigenvalue weighted by Crippen LogP contribution is 2.30. The monoisotopic (exact) mass is 470 g/mol. The molecule has 3 aromatic heterocycles. The summed E-state index contributed by atoms with van der Waals surface area (Å²) >= 11 is 1.52. The second-order valence-electron chi connectivity index (χ2n) is 7.53. The van der Waals surface area contributed by atoms with Crippen molar-refractivity contribution in [3.05, 3.63) is 87.7 Å². The average molecular weight is 471 g/mol. The van der Waals surface area contributed by atoms with Gasteiger partial charge in [0.1, 0.15) is 17.3 Å². The van der Waals surface area contributed by atoms with E-state index in [4.69, 9.17) is 9.84 Å². The van der Waals surface area contributed by atoms with E-state index < -0.39 is 11.8 Å². The van der Waals surface area contributed by atoms with Gasteiger partial charge in [-0.1, -0.05) is 24.3 Å². The minimum Gasteiger partial charge on any atom is -0.462 e. The molecule has 7 nitrogen and oxygen atoms in total. The van der Waals surface area contributed by atoms with Gasteiger partial charge in [0, 0.05) is 17.5 Å². The molecule has 0 spiro atoms. The van der Waals surface area contributed by atoms with Gasteiger partial charge >= 0.3 is 5.97 Å². The molecule has 0 atom stereocenters. The number of H-pyrrole nitrogens is 1. The fourth-order valence-corrected chi connectivity index (χ4v) is 4.47. The Hall–Kier alpha value is -4.22. The van der Waals surface area contributed by atoms with Gasteiger partial charge in [0.15, 0.2) is 0 Å². The molecule has 0 aliphatic rings. The molecule has 8 heteroatoms. The van der Waals surface area contributed by atoms with E-state index in [1.807, 2.05) is 53.9 Å². The maximum absolute atomic E-state index is 13.3. The zero-order valence-electron chi connectivity index (χ0n) is 19.0. The third-order valence-corrected chi connectivity index (χ3v) is 6.20. The zero-order chi connectivity index (χ0) is 24.2. The van der Waals surface area contributed by atoms with Crippen LogP contribution in [0.5, 0.6) is 0 Å². The summed E-state index contributed by atoms with van der Waals surface area (Å²) in [5.74, 6) is -0.998. The van der Waals surface area contributed by atoms with E-state index in [1.54, 1.807) is 37.7 Å². The number of nitrogens with one attached hydrogen (secondary N) is 1. The molecule has 0 radical (unpaired) electrons. The van der Waals surface area contributed by atoms with Gasteiger partial charge < -0.3 is 9.72 Å². The lowest BCUT2D eigenvalue weighted by atomic mass is 10.0. The van der Waals surface area contributed by atoms with Crippen molar-refractivity contribution in [2.75, 3.05) is 6.61 Å². The number of aromatic nitrogens is 3. The number of rotatable bonds is 7. The first-order chi connectivity index (χ1) is 16.4. The van der Waals surface area contributed by atoms with Gasteiger partial charge in [-0.15, -0.1) is 11.3 Å². The van der Waals surface area contributed by atoms with Gasteiger partial charge in [-0.2, -0.15) is 10.4 Å². The standard InChI is InChI=1S/C26H22N4O3S/c1-4-33-26(32)22-16(2)23(28-17(22)3)25(31)18(14-27)13-19-15-30(20-9-6-5-7-10-20)29-24(19)21-11-8-12-34-21/h5-13,15,28H,4H2,1-3H3. The quantitative estimate of drug-likeness (QED) is 0.166. The molecule has 4 aromatic rings. The minimum atomic E-state index is -0.501. The molecular formula is C26H22N4O3S. The molecule has 0 fully saturated rings. The smallest absolute Gasteiger partial charge is 0.340 e. The van der Waals surface area contributed by atoms with Gasteiger partial charge in [0.25, 0.3) is 0 Å². The number of benzene rings is 1. The van der Waals surface area contributed by atoms with E-state index in [0.29, 0.717) is 28.1 Å². The zero-order valence-corrected chi connectivity index (χ0v) is 19.8. The highest BCUT2D eigenvalue weighted by Gasteiger charge is 2.25. The van der Waals surface area contributed by atoms with E-state index >= 15 is 0 Å². The first-order valence-electron chi connectivity index (χ1n) is 10.7. The number of aromatic amines is 1. The lowest BCUT2D eigenvalue weighted by Crippen LogP contribution is -2.08. The number of carbonyl (C=O) groups excluding carboxylic acids is 2. The summed E-state index contributed by atoms with van der Waals surface area (Å²) < 4.78 is 6.83. The number of para-hydroxylation sites is 1. The predicted molar refractivity (Wildman–Crippen MR) is 131 cm³/mol. The van der Waals surface area contributed by atoms with Crippen LogP contribution in [0, 0.1) is 25.2 Å². The van der Waals surface area contributed by atoms with Gasteiger partial charge in [0.2, 0.25) is 5.78 Å². The summed E-state index contributed by atoms with van der Waals surface area (Å²) in [6, 6.07) is 15.5. The van der Waals surface area contributed by atoms with Crippen LogP contribution in [-0.2, 0) is 4.74 Å². The molecule has 170 valence electrons. The summed E-state index contributed by atoms with van der Waals surface area (Å²) in [5, 5.41) is 16.5. The Morgan fingerprint density at radius 1 is 1.21 bits per heavy atom. The maximum Gasteiger partial charge on any atom is 0.340 e. The van der Waals surface area contributed by atoms with E-state index in [9.17, 15) is 14.9 Å². The molecule has 4 rings (SSSR count). The summed E-state index contributed by atoms with van der Waals surface area (Å²) in [4.78, 5) is 29.5. The summed E-state index contributed by atoms with van der Waals surface area (Å²) in [6.45, 7) is 5.32. The highest BCUT2D eigenvalue weighted by atomic mass is 32.1. The van der Waals surface area contributed by atoms with Gasteiger partial charge in [-0.3, -0.25) is 4.79 Å². The van der Waals surface area contributed by atoms with Gasteiger partial charge in [-0.05, 0) is 56.0 Å². The first-order valence-corrected chi connectivity index (χ1v) is 11.5. The van der Waals surface area contributed by atoms with Crippen LogP contribution in [0.3, 0.4) is 0 Å². The van der Waals surface area contributed by atoms with Gasteiger partial charge in [-0.25, -0.2) is 9.48 Å². The number of thiophene rings is 1. The number of nitrogens with zero attached hydrogens (tertiary/aromatic N) is 3. The van der Waals surface area contributed by atoms with Crippen LogP contribution >= 0.6 is 11.3 Å². The Balaban J connectivity index is 1.78. The number of allylic oxidation sites excluding steroid dienone is 1. The number of nitriles is 1. The minimum absolute atomic E-state index is 0.0647. The van der Waals surface area contributed by atoms with Gasteiger partial charge in [0.05, 0.1) is 28.4 Å². The van der Waals surface area contributed by atoms with E-state index in [-0.39, 0.29) is 17.9 Å². The molecule has 0 aliphatic heterocycles. The number of ketones is 1. The molecule has 0 bridgehead atoms. The van der Waals surface area contributed by atoms with Crippen LogP contribution in [0.15, 0.2) is 59.6 Å². The number of carbonyl (C=O) groups is 2. The molecule has 34 heavy (non-hydrogen) atoms. The van der Waals surface area contributed by atoms with Crippen molar-refractivity contribution < 1.29 is 14.3 Å². The maximum atomic E-state index is 13.3. The molecule has 0 amide bonds. The average Bonchev–Trinajstić information content (AvgIpc) is 3.57. The molecule has 0 saturated carbocycles. The normalized spacial score (nSPS) is 11.3. The number of esters is 1. The number of Topliss-reactive ketones (excluding diaryl/α,β-unsaturated/α-hetero) is 1. The van der Waals surface area contributed by atoms with Crippen molar-refractivity contribution in [2.45, 2.75) is 20.8 Å². The lowest BCUT2D eigenvalue weighted by Gasteiger charge is -2.02. The van der Waals surface area contributed by atoms with Crippen LogP contribution in [0.2, 0.25) is 0 Å². The third kappa shape index (κ3) is 4.34. The summed E-state index contributed by atoms with van der Waals surface area (Å²) in [5.41, 5.74) is 3.60. The summed E-state index contributed by atoms with van der Waals surface area (Å²) in [6.07, 6.45) is 3.34. The highest BCUT2D eigenvalue weighted by molar-refractivity contribution is 7.13.